The molecule has 20 heavy (non-hydrogen) atoms. The lowest BCUT2D eigenvalue weighted by molar-refractivity contribution is -0.128. The summed E-state index contributed by atoms with van der Waals surface area (Å²) in [5.74, 6) is -0.0871. The molecule has 0 atom stereocenters. The second-order valence-electron chi connectivity index (χ2n) is 5.47. The Kier molecular flexibility index (Phi) is 5.11. The SMILES string of the molecule is N#CC1(C(=O)NCCc2ccncc2)CCCCCC1. The number of rotatable bonds is 4. The molecule has 2 rings (SSSR count). The summed E-state index contributed by atoms with van der Waals surface area (Å²) < 4.78 is 0. The predicted molar refractivity (Wildman–Crippen MR) is 76.7 cm³/mol. The van der Waals surface area contributed by atoms with Gasteiger partial charge in [-0.3, -0.25) is 9.78 Å². The molecule has 106 valence electrons. The summed E-state index contributed by atoms with van der Waals surface area (Å²) in [4.78, 5) is 16.3. The molecule has 0 radical (unpaired) electrons. The zero-order chi connectivity index (χ0) is 14.3. The van der Waals surface area contributed by atoms with Crippen LogP contribution in [0.5, 0.6) is 0 Å². The van der Waals surface area contributed by atoms with Gasteiger partial charge in [0, 0.05) is 18.9 Å². The lowest BCUT2D eigenvalue weighted by Gasteiger charge is -2.23. The van der Waals surface area contributed by atoms with Gasteiger partial charge in [0.2, 0.25) is 5.91 Å². The van der Waals surface area contributed by atoms with Crippen molar-refractivity contribution in [1.29, 1.82) is 5.26 Å². The van der Waals surface area contributed by atoms with Gasteiger partial charge in [0.1, 0.15) is 5.41 Å². The van der Waals surface area contributed by atoms with Gasteiger partial charge in [0.15, 0.2) is 0 Å². The lowest BCUT2D eigenvalue weighted by atomic mass is 9.81. The molecule has 4 heteroatoms. The number of nitrogens with zero attached hydrogens (tertiary/aromatic N) is 2. The topological polar surface area (TPSA) is 65.8 Å². The first-order valence-electron chi connectivity index (χ1n) is 7.35. The van der Waals surface area contributed by atoms with Crippen molar-refractivity contribution < 1.29 is 4.79 Å². The highest BCUT2D eigenvalue weighted by Gasteiger charge is 2.38. The summed E-state index contributed by atoms with van der Waals surface area (Å²) in [6.07, 6.45) is 9.89. The summed E-state index contributed by atoms with van der Waals surface area (Å²) >= 11 is 0. The Labute approximate surface area is 120 Å². The number of carbonyl (C=O) groups excluding carboxylic acids is 1. The van der Waals surface area contributed by atoms with Crippen LogP contribution in [0.4, 0.5) is 0 Å². The highest BCUT2D eigenvalue weighted by molar-refractivity contribution is 5.85. The third kappa shape index (κ3) is 3.57. The Morgan fingerprint density at radius 3 is 2.50 bits per heavy atom. The number of hydrogen-bond donors (Lipinski definition) is 1. The van der Waals surface area contributed by atoms with Gasteiger partial charge in [-0.15, -0.1) is 0 Å². The molecule has 0 bridgehead atoms. The molecular formula is C16H21N3O. The van der Waals surface area contributed by atoms with Crippen molar-refractivity contribution in [3.05, 3.63) is 30.1 Å². The maximum absolute atomic E-state index is 12.3. The maximum Gasteiger partial charge on any atom is 0.240 e. The summed E-state index contributed by atoms with van der Waals surface area (Å²) in [5, 5.41) is 12.4. The molecule has 0 unspecified atom stereocenters. The van der Waals surface area contributed by atoms with E-state index in [-0.39, 0.29) is 5.91 Å². The van der Waals surface area contributed by atoms with Gasteiger partial charge in [-0.1, -0.05) is 25.7 Å². The van der Waals surface area contributed by atoms with Crippen LogP contribution < -0.4 is 5.32 Å². The number of amides is 1. The normalized spacial score (nSPS) is 17.8. The van der Waals surface area contributed by atoms with Crippen LogP contribution in [0.2, 0.25) is 0 Å². The van der Waals surface area contributed by atoms with Crippen LogP contribution in [0.3, 0.4) is 0 Å². The first kappa shape index (κ1) is 14.5. The van der Waals surface area contributed by atoms with Crippen molar-refractivity contribution in [1.82, 2.24) is 10.3 Å². The molecular weight excluding hydrogens is 250 g/mol. The number of aromatic nitrogens is 1. The van der Waals surface area contributed by atoms with E-state index in [9.17, 15) is 10.1 Å². The molecule has 0 spiro atoms. The van der Waals surface area contributed by atoms with E-state index in [1.54, 1.807) is 12.4 Å². The molecule has 0 saturated heterocycles. The average molecular weight is 271 g/mol. The molecule has 1 aromatic rings. The molecule has 0 aromatic carbocycles. The minimum absolute atomic E-state index is 0.0871. The number of carbonyl (C=O) groups is 1. The van der Waals surface area contributed by atoms with E-state index in [0.717, 1.165) is 37.7 Å². The van der Waals surface area contributed by atoms with Gasteiger partial charge in [0.05, 0.1) is 6.07 Å². The number of nitrogens with one attached hydrogen (secondary N) is 1. The lowest BCUT2D eigenvalue weighted by Crippen LogP contribution is -2.40. The van der Waals surface area contributed by atoms with Crippen LogP contribution in [-0.2, 0) is 11.2 Å². The monoisotopic (exact) mass is 271 g/mol. The van der Waals surface area contributed by atoms with Crippen LogP contribution >= 0.6 is 0 Å². The Morgan fingerprint density at radius 2 is 1.90 bits per heavy atom. The fourth-order valence-electron chi connectivity index (χ4n) is 2.76. The van der Waals surface area contributed by atoms with Crippen LogP contribution in [0, 0.1) is 16.7 Å². The highest BCUT2D eigenvalue weighted by atomic mass is 16.2. The van der Waals surface area contributed by atoms with Crippen molar-refractivity contribution in [2.75, 3.05) is 6.54 Å². The third-order valence-electron chi connectivity index (χ3n) is 4.05. The van der Waals surface area contributed by atoms with Gasteiger partial charge in [0.25, 0.3) is 0 Å². The van der Waals surface area contributed by atoms with Gasteiger partial charge in [-0.05, 0) is 37.0 Å². The van der Waals surface area contributed by atoms with E-state index in [1.807, 2.05) is 12.1 Å². The molecule has 1 saturated carbocycles. The molecule has 1 amide bonds. The van der Waals surface area contributed by atoms with E-state index in [1.165, 1.54) is 0 Å². The summed E-state index contributed by atoms with van der Waals surface area (Å²) in [7, 11) is 0. The van der Waals surface area contributed by atoms with Crippen LogP contribution in [0.1, 0.15) is 44.1 Å². The second kappa shape index (κ2) is 7.04. The Morgan fingerprint density at radius 1 is 1.25 bits per heavy atom. The Balaban J connectivity index is 1.88. The quantitative estimate of drug-likeness (QED) is 0.856. The molecule has 1 heterocycles. The summed E-state index contributed by atoms with van der Waals surface area (Å²) in [5.41, 5.74) is 0.349. The highest BCUT2D eigenvalue weighted by Crippen LogP contribution is 2.34. The minimum atomic E-state index is -0.797. The van der Waals surface area contributed by atoms with E-state index in [0.29, 0.717) is 19.4 Å². The zero-order valence-electron chi connectivity index (χ0n) is 11.8. The van der Waals surface area contributed by atoms with Crippen molar-refractivity contribution >= 4 is 5.91 Å². The van der Waals surface area contributed by atoms with Crippen molar-refractivity contribution in [3.63, 3.8) is 0 Å². The Hall–Kier alpha value is -1.89. The van der Waals surface area contributed by atoms with E-state index in [4.69, 9.17) is 0 Å². The van der Waals surface area contributed by atoms with E-state index >= 15 is 0 Å². The maximum atomic E-state index is 12.3. The van der Waals surface area contributed by atoms with Gasteiger partial charge in [-0.2, -0.15) is 5.26 Å². The van der Waals surface area contributed by atoms with Crippen LogP contribution in [0.15, 0.2) is 24.5 Å². The molecule has 4 nitrogen and oxygen atoms in total. The van der Waals surface area contributed by atoms with Crippen molar-refractivity contribution in [2.24, 2.45) is 5.41 Å². The fraction of sp³-hybridized carbons (Fsp3) is 0.562. The number of hydrogen-bond acceptors (Lipinski definition) is 3. The molecule has 1 aliphatic carbocycles. The van der Waals surface area contributed by atoms with Crippen molar-refractivity contribution in [3.8, 4) is 6.07 Å². The minimum Gasteiger partial charge on any atom is -0.354 e. The fourth-order valence-corrected chi connectivity index (χ4v) is 2.76. The molecule has 1 N–H and O–H groups in total. The number of pyridine rings is 1. The van der Waals surface area contributed by atoms with E-state index < -0.39 is 5.41 Å². The van der Waals surface area contributed by atoms with Gasteiger partial charge in [-0.25, -0.2) is 0 Å². The first-order chi connectivity index (χ1) is 9.77. The third-order valence-corrected chi connectivity index (χ3v) is 4.05. The molecule has 1 fully saturated rings. The van der Waals surface area contributed by atoms with Crippen molar-refractivity contribution in [2.45, 2.75) is 44.9 Å². The smallest absolute Gasteiger partial charge is 0.240 e. The molecule has 1 aromatic heterocycles. The van der Waals surface area contributed by atoms with Gasteiger partial charge >= 0.3 is 0 Å². The standard InChI is InChI=1S/C16H21N3O/c17-13-16(8-3-1-2-4-9-16)15(20)19-12-7-14-5-10-18-11-6-14/h5-6,10-11H,1-4,7-9,12H2,(H,19,20). The van der Waals surface area contributed by atoms with Crippen LogP contribution in [-0.4, -0.2) is 17.4 Å². The summed E-state index contributed by atoms with van der Waals surface area (Å²) in [6, 6.07) is 6.17. The van der Waals surface area contributed by atoms with E-state index in [2.05, 4.69) is 16.4 Å². The predicted octanol–water partition coefficient (Wildman–Crippen LogP) is 2.60. The second-order valence-corrected chi connectivity index (χ2v) is 5.47. The Bertz CT molecular complexity index is 470. The summed E-state index contributed by atoms with van der Waals surface area (Å²) in [6.45, 7) is 0.576. The molecule has 0 aliphatic heterocycles. The largest absolute Gasteiger partial charge is 0.354 e. The molecule has 1 aliphatic rings. The number of nitriles is 1. The van der Waals surface area contributed by atoms with Gasteiger partial charge < -0.3 is 5.32 Å². The average Bonchev–Trinajstić information content (AvgIpc) is 2.74. The first-order valence-corrected chi connectivity index (χ1v) is 7.35. The zero-order valence-corrected chi connectivity index (χ0v) is 11.8. The van der Waals surface area contributed by atoms with Crippen LogP contribution in [0.25, 0.3) is 0 Å².